The van der Waals surface area contributed by atoms with Crippen molar-refractivity contribution in [2.45, 2.75) is 25.4 Å². The van der Waals surface area contributed by atoms with E-state index in [4.69, 9.17) is 4.74 Å². The van der Waals surface area contributed by atoms with Crippen LogP contribution in [0.3, 0.4) is 0 Å². The number of fused-ring (bicyclic) bond motifs is 1. The lowest BCUT2D eigenvalue weighted by atomic mass is 9.80. The van der Waals surface area contributed by atoms with E-state index in [-0.39, 0.29) is 17.9 Å². The summed E-state index contributed by atoms with van der Waals surface area (Å²) in [5, 5.41) is 17.3. The van der Waals surface area contributed by atoms with Crippen molar-refractivity contribution < 1.29 is 14.6 Å². The van der Waals surface area contributed by atoms with E-state index in [0.29, 0.717) is 18.2 Å². The smallest absolute Gasteiger partial charge is 0.271 e. The first-order valence-corrected chi connectivity index (χ1v) is 8.83. The Labute approximate surface area is 146 Å². The number of carbonyl (C=O) groups excluding carboxylic acids is 1. The molecule has 2 heterocycles. The molecule has 1 aromatic carbocycles. The maximum Gasteiger partial charge on any atom is 0.271 e. The minimum absolute atomic E-state index is 0.0387. The molecule has 1 aliphatic heterocycles. The van der Waals surface area contributed by atoms with E-state index in [9.17, 15) is 9.90 Å². The van der Waals surface area contributed by atoms with Crippen molar-refractivity contribution in [3.63, 3.8) is 0 Å². The fourth-order valence-electron chi connectivity index (χ4n) is 4.14. The highest BCUT2D eigenvalue weighted by atomic mass is 16.5. The Bertz CT molecular complexity index is 773. The summed E-state index contributed by atoms with van der Waals surface area (Å²) in [7, 11) is 1.62. The molecule has 1 saturated heterocycles. The number of carbonyl (C=O) groups is 1. The van der Waals surface area contributed by atoms with Gasteiger partial charge in [0.15, 0.2) is 0 Å². The number of ether oxygens (including phenoxy) is 1. The molecule has 2 aromatic rings. The lowest BCUT2D eigenvalue weighted by molar-refractivity contribution is 0.0539. The average Bonchev–Trinajstić information content (AvgIpc) is 3.29. The van der Waals surface area contributed by atoms with Crippen LogP contribution in [-0.2, 0) is 0 Å². The van der Waals surface area contributed by atoms with Crippen LogP contribution in [0.2, 0.25) is 0 Å². The van der Waals surface area contributed by atoms with Gasteiger partial charge in [-0.1, -0.05) is 18.6 Å². The average molecular weight is 341 g/mol. The van der Waals surface area contributed by atoms with E-state index in [2.05, 4.69) is 10.2 Å². The number of likely N-dealkylation sites (tertiary alicyclic amines) is 1. The van der Waals surface area contributed by atoms with Gasteiger partial charge in [-0.15, -0.1) is 0 Å². The molecule has 1 aliphatic carbocycles. The Morgan fingerprint density at radius 1 is 1.32 bits per heavy atom. The van der Waals surface area contributed by atoms with E-state index in [1.54, 1.807) is 13.2 Å². The van der Waals surface area contributed by atoms with Gasteiger partial charge in [0, 0.05) is 24.6 Å². The van der Waals surface area contributed by atoms with Crippen LogP contribution in [0.25, 0.3) is 11.3 Å². The van der Waals surface area contributed by atoms with E-state index in [1.165, 1.54) is 0 Å². The molecular formula is C19H23N3O3. The number of aromatic amines is 1. The van der Waals surface area contributed by atoms with Gasteiger partial charge in [0.2, 0.25) is 0 Å². The summed E-state index contributed by atoms with van der Waals surface area (Å²) in [4.78, 5) is 14.7. The van der Waals surface area contributed by atoms with Gasteiger partial charge in [0.1, 0.15) is 11.4 Å². The Morgan fingerprint density at radius 3 is 3.00 bits per heavy atom. The van der Waals surface area contributed by atoms with Crippen molar-refractivity contribution >= 4 is 5.91 Å². The highest BCUT2D eigenvalue weighted by Crippen LogP contribution is 2.37. The summed E-state index contributed by atoms with van der Waals surface area (Å²) < 4.78 is 5.24. The van der Waals surface area contributed by atoms with Crippen LogP contribution in [0.5, 0.6) is 5.75 Å². The molecular weight excluding hydrogens is 318 g/mol. The zero-order chi connectivity index (χ0) is 17.4. The second-order valence-corrected chi connectivity index (χ2v) is 7.03. The van der Waals surface area contributed by atoms with Crippen LogP contribution < -0.4 is 4.74 Å². The molecule has 0 spiro atoms. The standard InChI is InChI=1S/C19H23N3O3/c1-25-14-6-2-4-12(8-14)16-9-17(21-20-16)19(24)22-10-13-5-3-7-18(23)15(13)11-22/h2,4,6,8-9,13,15,18,23H,3,5,7,10-11H2,1H3,(H,20,21)/t13-,15+,18-/m1/s1. The normalized spacial score (nSPS) is 25.7. The van der Waals surface area contributed by atoms with Crippen molar-refractivity contribution in [1.82, 2.24) is 15.1 Å². The zero-order valence-electron chi connectivity index (χ0n) is 14.3. The highest BCUT2D eigenvalue weighted by molar-refractivity contribution is 5.93. The molecule has 25 heavy (non-hydrogen) atoms. The van der Waals surface area contributed by atoms with Crippen molar-refractivity contribution in [2.24, 2.45) is 11.8 Å². The third-order valence-electron chi connectivity index (χ3n) is 5.52. The molecule has 1 aromatic heterocycles. The molecule has 0 bridgehead atoms. The summed E-state index contributed by atoms with van der Waals surface area (Å²) >= 11 is 0. The molecule has 132 valence electrons. The highest BCUT2D eigenvalue weighted by Gasteiger charge is 2.41. The summed E-state index contributed by atoms with van der Waals surface area (Å²) in [5.74, 6) is 1.36. The van der Waals surface area contributed by atoms with Gasteiger partial charge in [-0.2, -0.15) is 5.10 Å². The molecule has 6 heteroatoms. The molecule has 0 unspecified atom stereocenters. The number of amides is 1. The van der Waals surface area contributed by atoms with Crippen LogP contribution in [0.4, 0.5) is 0 Å². The number of methoxy groups -OCH3 is 1. The number of aliphatic hydroxyl groups is 1. The van der Waals surface area contributed by atoms with Crippen LogP contribution >= 0.6 is 0 Å². The maximum atomic E-state index is 12.8. The molecule has 2 N–H and O–H groups in total. The fourth-order valence-corrected chi connectivity index (χ4v) is 4.14. The third-order valence-corrected chi connectivity index (χ3v) is 5.52. The maximum absolute atomic E-state index is 12.8. The summed E-state index contributed by atoms with van der Waals surface area (Å²) in [6.45, 7) is 1.37. The predicted molar refractivity (Wildman–Crippen MR) is 93.3 cm³/mol. The first-order chi connectivity index (χ1) is 12.2. The number of benzene rings is 1. The van der Waals surface area contributed by atoms with Crippen LogP contribution in [-0.4, -0.2) is 52.4 Å². The van der Waals surface area contributed by atoms with Crippen LogP contribution in [0.15, 0.2) is 30.3 Å². The third kappa shape index (κ3) is 3.02. The topological polar surface area (TPSA) is 78.5 Å². The van der Waals surface area contributed by atoms with Crippen molar-refractivity contribution in [2.75, 3.05) is 20.2 Å². The molecule has 4 rings (SSSR count). The quantitative estimate of drug-likeness (QED) is 0.898. The SMILES string of the molecule is COc1cccc(-c2cc(C(=O)N3C[C@H]4CCC[C@@H](O)[C@H]4C3)[nH]n2)c1. The number of rotatable bonds is 3. The second-order valence-electron chi connectivity index (χ2n) is 7.03. The fraction of sp³-hybridized carbons (Fsp3) is 0.474. The number of aliphatic hydroxyl groups excluding tert-OH is 1. The number of nitrogens with zero attached hydrogens (tertiary/aromatic N) is 2. The van der Waals surface area contributed by atoms with E-state index in [0.717, 1.165) is 42.8 Å². The second kappa shape index (κ2) is 6.52. The lowest BCUT2D eigenvalue weighted by Gasteiger charge is -2.28. The largest absolute Gasteiger partial charge is 0.497 e. The Morgan fingerprint density at radius 2 is 2.20 bits per heavy atom. The summed E-state index contributed by atoms with van der Waals surface area (Å²) in [6.07, 6.45) is 2.73. The van der Waals surface area contributed by atoms with Crippen molar-refractivity contribution in [3.05, 3.63) is 36.0 Å². The van der Waals surface area contributed by atoms with Gasteiger partial charge in [-0.25, -0.2) is 0 Å². The number of hydrogen-bond donors (Lipinski definition) is 2. The van der Waals surface area contributed by atoms with Gasteiger partial charge >= 0.3 is 0 Å². The van der Waals surface area contributed by atoms with Crippen LogP contribution in [0.1, 0.15) is 29.8 Å². The number of aromatic nitrogens is 2. The van der Waals surface area contributed by atoms with Gasteiger partial charge in [-0.05, 0) is 37.0 Å². The minimum atomic E-state index is -0.273. The van der Waals surface area contributed by atoms with E-state index < -0.39 is 0 Å². The molecule has 6 nitrogen and oxygen atoms in total. The van der Waals surface area contributed by atoms with Gasteiger partial charge in [-0.3, -0.25) is 9.89 Å². The Kier molecular flexibility index (Phi) is 4.21. The predicted octanol–water partition coefficient (Wildman–Crippen LogP) is 2.32. The van der Waals surface area contributed by atoms with E-state index >= 15 is 0 Å². The molecule has 2 fully saturated rings. The van der Waals surface area contributed by atoms with Gasteiger partial charge in [0.25, 0.3) is 5.91 Å². The first-order valence-electron chi connectivity index (χ1n) is 8.83. The summed E-state index contributed by atoms with van der Waals surface area (Å²) in [5.41, 5.74) is 2.12. The molecule has 0 radical (unpaired) electrons. The Balaban J connectivity index is 1.51. The van der Waals surface area contributed by atoms with Crippen LogP contribution in [0, 0.1) is 11.8 Å². The molecule has 3 atom stereocenters. The number of nitrogens with one attached hydrogen (secondary N) is 1. The van der Waals surface area contributed by atoms with Gasteiger partial charge < -0.3 is 14.7 Å². The molecule has 2 aliphatic rings. The summed E-state index contributed by atoms with van der Waals surface area (Å²) in [6, 6.07) is 9.39. The zero-order valence-corrected chi connectivity index (χ0v) is 14.3. The molecule has 1 saturated carbocycles. The minimum Gasteiger partial charge on any atom is -0.497 e. The lowest BCUT2D eigenvalue weighted by Crippen LogP contribution is -2.32. The van der Waals surface area contributed by atoms with Crippen molar-refractivity contribution in [1.29, 1.82) is 0 Å². The van der Waals surface area contributed by atoms with E-state index in [1.807, 2.05) is 29.2 Å². The number of H-pyrrole nitrogens is 1. The molecule has 1 amide bonds. The first kappa shape index (κ1) is 16.1. The monoisotopic (exact) mass is 341 g/mol. The number of hydrogen-bond acceptors (Lipinski definition) is 4. The Hall–Kier alpha value is -2.34. The van der Waals surface area contributed by atoms with Gasteiger partial charge in [0.05, 0.1) is 18.9 Å². The van der Waals surface area contributed by atoms with Crippen molar-refractivity contribution in [3.8, 4) is 17.0 Å².